The highest BCUT2D eigenvalue weighted by Gasteiger charge is 2.24. The highest BCUT2D eigenvalue weighted by Crippen LogP contribution is 2.28. The number of ether oxygens (including phenoxy) is 1. The van der Waals surface area contributed by atoms with E-state index in [1.165, 1.54) is 0 Å². The molecule has 1 aromatic rings. The topological polar surface area (TPSA) is 38.3 Å². The van der Waals surface area contributed by atoms with E-state index in [4.69, 9.17) is 0 Å². The number of halogens is 3. The van der Waals surface area contributed by atoms with Crippen LogP contribution >= 0.6 is 0 Å². The largest absolute Gasteiger partial charge is 0.434 e. The van der Waals surface area contributed by atoms with Crippen molar-refractivity contribution in [3.63, 3.8) is 0 Å². The summed E-state index contributed by atoms with van der Waals surface area (Å²) in [5.41, 5.74) is 0.197. The van der Waals surface area contributed by atoms with Gasteiger partial charge in [-0.3, -0.25) is 0 Å². The Hall–Kier alpha value is -1.08. The van der Waals surface area contributed by atoms with Crippen molar-refractivity contribution in [1.29, 1.82) is 0 Å². The van der Waals surface area contributed by atoms with Gasteiger partial charge in [-0.25, -0.2) is 13.3 Å². The van der Waals surface area contributed by atoms with E-state index in [0.29, 0.717) is 0 Å². The Balaban J connectivity index is 2.99. The molecule has 0 bridgehead atoms. The number of hydrogen-bond acceptors (Lipinski definition) is 2. The molecule has 114 valence electrons. The monoisotopic (exact) mass is 309 g/mol. The SMILES string of the molecule is C[C@@H](N[S@@](=O)C(C)(C)C)c1cc(F)ccc1OC(F)F. The van der Waals surface area contributed by atoms with Crippen molar-refractivity contribution >= 4 is 11.0 Å². The van der Waals surface area contributed by atoms with Crippen LogP contribution < -0.4 is 9.46 Å². The summed E-state index contributed by atoms with van der Waals surface area (Å²) in [6.07, 6.45) is 0. The van der Waals surface area contributed by atoms with Crippen molar-refractivity contribution in [3.8, 4) is 5.75 Å². The average molecular weight is 309 g/mol. The van der Waals surface area contributed by atoms with Crippen LogP contribution in [0.1, 0.15) is 39.3 Å². The minimum atomic E-state index is -3.00. The molecule has 0 saturated carbocycles. The summed E-state index contributed by atoms with van der Waals surface area (Å²) in [6.45, 7) is 3.91. The smallest absolute Gasteiger partial charge is 0.387 e. The first-order valence-electron chi connectivity index (χ1n) is 6.03. The van der Waals surface area contributed by atoms with Crippen molar-refractivity contribution in [2.24, 2.45) is 0 Å². The Kier molecular flexibility index (Phi) is 5.59. The van der Waals surface area contributed by atoms with E-state index in [9.17, 15) is 17.4 Å². The Morgan fingerprint density at radius 1 is 1.30 bits per heavy atom. The van der Waals surface area contributed by atoms with Crippen LogP contribution in [0, 0.1) is 5.82 Å². The molecule has 0 heterocycles. The average Bonchev–Trinajstić information content (AvgIpc) is 2.29. The molecule has 0 aliphatic rings. The summed E-state index contributed by atoms with van der Waals surface area (Å²) < 4.78 is 56.5. The first kappa shape index (κ1) is 17.0. The van der Waals surface area contributed by atoms with Crippen molar-refractivity contribution in [1.82, 2.24) is 4.72 Å². The van der Waals surface area contributed by atoms with Gasteiger partial charge in [0.05, 0.1) is 15.7 Å². The normalized spacial score (nSPS) is 15.2. The molecule has 0 aliphatic carbocycles. The second kappa shape index (κ2) is 6.58. The number of rotatable bonds is 5. The fourth-order valence-corrected chi connectivity index (χ4v) is 2.26. The summed E-state index contributed by atoms with van der Waals surface area (Å²) in [4.78, 5) is 0. The van der Waals surface area contributed by atoms with Crippen LogP contribution in [0.25, 0.3) is 0 Å². The second-order valence-electron chi connectivity index (χ2n) is 5.28. The van der Waals surface area contributed by atoms with Gasteiger partial charge in [-0.05, 0) is 45.9 Å². The zero-order valence-electron chi connectivity index (χ0n) is 11.7. The first-order valence-corrected chi connectivity index (χ1v) is 7.18. The maximum atomic E-state index is 13.3. The van der Waals surface area contributed by atoms with Crippen LogP contribution in [-0.2, 0) is 11.0 Å². The second-order valence-corrected chi connectivity index (χ2v) is 7.28. The fourth-order valence-electron chi connectivity index (χ4n) is 1.46. The van der Waals surface area contributed by atoms with E-state index >= 15 is 0 Å². The predicted molar refractivity (Wildman–Crippen MR) is 72.5 cm³/mol. The Labute approximate surface area is 119 Å². The number of hydrogen-bond donors (Lipinski definition) is 1. The molecule has 2 atom stereocenters. The molecule has 0 radical (unpaired) electrons. The molecule has 1 N–H and O–H groups in total. The summed E-state index contributed by atoms with van der Waals surface area (Å²) in [7, 11) is -1.41. The lowest BCUT2D eigenvalue weighted by molar-refractivity contribution is -0.0506. The molecule has 0 fully saturated rings. The van der Waals surface area contributed by atoms with Crippen LogP contribution in [0.3, 0.4) is 0 Å². The predicted octanol–water partition coefficient (Wildman–Crippen LogP) is 3.54. The van der Waals surface area contributed by atoms with Crippen LogP contribution in [0.4, 0.5) is 13.2 Å². The van der Waals surface area contributed by atoms with E-state index < -0.39 is 34.2 Å². The summed E-state index contributed by atoms with van der Waals surface area (Å²) in [5.74, 6) is -0.705. The van der Waals surface area contributed by atoms with Gasteiger partial charge < -0.3 is 4.74 Å². The molecule has 0 amide bonds. The van der Waals surface area contributed by atoms with Gasteiger partial charge >= 0.3 is 6.61 Å². The van der Waals surface area contributed by atoms with Gasteiger partial charge in [-0.15, -0.1) is 0 Å². The van der Waals surface area contributed by atoms with Gasteiger partial charge in [-0.1, -0.05) is 0 Å². The summed E-state index contributed by atoms with van der Waals surface area (Å²) >= 11 is 0. The highest BCUT2D eigenvalue weighted by atomic mass is 32.2. The fraction of sp³-hybridized carbons (Fsp3) is 0.538. The van der Waals surface area contributed by atoms with Crippen molar-refractivity contribution in [2.75, 3.05) is 0 Å². The lowest BCUT2D eigenvalue weighted by atomic mass is 10.1. The molecule has 1 aromatic carbocycles. The molecule has 0 saturated heterocycles. The zero-order chi connectivity index (χ0) is 15.5. The Morgan fingerprint density at radius 3 is 2.40 bits per heavy atom. The number of benzene rings is 1. The maximum Gasteiger partial charge on any atom is 0.387 e. The van der Waals surface area contributed by atoms with Gasteiger partial charge in [0.2, 0.25) is 0 Å². The lowest BCUT2D eigenvalue weighted by Crippen LogP contribution is -2.35. The molecule has 0 spiro atoms. The minimum absolute atomic E-state index is 0.132. The lowest BCUT2D eigenvalue weighted by Gasteiger charge is -2.23. The molecule has 0 unspecified atom stereocenters. The van der Waals surface area contributed by atoms with E-state index in [0.717, 1.165) is 18.2 Å². The standard InChI is InChI=1S/C13H18F3NO2S/c1-8(17-20(18)13(2,3)4)10-7-9(14)5-6-11(10)19-12(15)16/h5-8,12,17H,1-4H3/t8-,20+/m1/s1. The summed E-state index contributed by atoms with van der Waals surface area (Å²) in [5, 5.41) is 0. The summed E-state index contributed by atoms with van der Waals surface area (Å²) in [6, 6.07) is 2.67. The minimum Gasteiger partial charge on any atom is -0.434 e. The zero-order valence-corrected chi connectivity index (χ0v) is 12.6. The molecular formula is C13H18F3NO2S. The Bertz CT molecular complexity index is 489. The van der Waals surface area contributed by atoms with E-state index in [2.05, 4.69) is 9.46 Å². The highest BCUT2D eigenvalue weighted by molar-refractivity contribution is 7.84. The molecule has 20 heavy (non-hydrogen) atoms. The van der Waals surface area contributed by atoms with Crippen LogP contribution in [0.2, 0.25) is 0 Å². The van der Waals surface area contributed by atoms with Crippen molar-refractivity contribution in [3.05, 3.63) is 29.6 Å². The van der Waals surface area contributed by atoms with Crippen LogP contribution in [0.15, 0.2) is 18.2 Å². The Morgan fingerprint density at radius 2 is 1.90 bits per heavy atom. The molecular weight excluding hydrogens is 291 g/mol. The van der Waals surface area contributed by atoms with E-state index in [-0.39, 0.29) is 11.3 Å². The van der Waals surface area contributed by atoms with E-state index in [1.54, 1.807) is 27.7 Å². The maximum absolute atomic E-state index is 13.3. The van der Waals surface area contributed by atoms with Gasteiger partial charge in [0.25, 0.3) is 0 Å². The molecule has 1 rings (SSSR count). The van der Waals surface area contributed by atoms with Gasteiger partial charge in [0, 0.05) is 11.6 Å². The van der Waals surface area contributed by atoms with Crippen LogP contribution in [0.5, 0.6) is 5.75 Å². The number of alkyl halides is 2. The van der Waals surface area contributed by atoms with Crippen LogP contribution in [-0.4, -0.2) is 15.6 Å². The molecule has 0 aromatic heterocycles. The molecule has 3 nitrogen and oxygen atoms in total. The molecule has 0 aliphatic heterocycles. The third kappa shape index (κ3) is 4.79. The quantitative estimate of drug-likeness (QED) is 0.903. The third-order valence-corrected chi connectivity index (χ3v) is 4.17. The van der Waals surface area contributed by atoms with Crippen molar-refractivity contribution in [2.45, 2.75) is 45.1 Å². The van der Waals surface area contributed by atoms with Gasteiger partial charge in [-0.2, -0.15) is 8.78 Å². The third-order valence-electron chi connectivity index (χ3n) is 2.49. The first-order chi connectivity index (χ1) is 9.11. The van der Waals surface area contributed by atoms with Crippen molar-refractivity contribution < 1.29 is 22.1 Å². The van der Waals surface area contributed by atoms with Gasteiger partial charge in [0.15, 0.2) is 0 Å². The molecule has 7 heteroatoms. The van der Waals surface area contributed by atoms with Gasteiger partial charge in [0.1, 0.15) is 11.6 Å². The van der Waals surface area contributed by atoms with E-state index in [1.807, 2.05) is 0 Å². The number of nitrogens with one attached hydrogen (secondary N) is 1.